The molecule has 31 atom stereocenters. The van der Waals surface area contributed by atoms with Crippen LogP contribution < -0.4 is 5.32 Å². The maximum atomic E-state index is 18.3. The van der Waals surface area contributed by atoms with Gasteiger partial charge in [-0.1, -0.05) is 92.7 Å². The molecule has 8 heterocycles. The molecule has 4 N–H and O–H groups in total. The molecule has 13 heteroatoms. The second-order valence-electron chi connectivity index (χ2n) is 36.1. The van der Waals surface area contributed by atoms with Crippen LogP contribution in [0.2, 0.25) is 0 Å². The molecule has 13 aliphatic carbocycles. The van der Waals surface area contributed by atoms with Crippen molar-refractivity contribution >= 4 is 17.7 Å². The number of rotatable bonds is 7. The molecule has 0 radical (unpaired) electrons. The number of hydrogen-bond donors (Lipinski definition) is 4. The lowest BCUT2D eigenvalue weighted by atomic mass is 9.28. The number of nitrogens with zero attached hydrogens (tertiary/aromatic N) is 1. The van der Waals surface area contributed by atoms with Crippen LogP contribution in [-0.2, 0) is 58.2 Å². The van der Waals surface area contributed by atoms with E-state index in [2.05, 4.69) is 89.8 Å². The molecule has 7 aliphatic heterocycles. The summed E-state index contributed by atoms with van der Waals surface area (Å²) in [6.45, 7) is 3.88. The van der Waals surface area contributed by atoms with E-state index in [1.54, 1.807) is 0 Å². The van der Waals surface area contributed by atoms with Crippen LogP contribution in [0.5, 0.6) is 0 Å². The molecule has 2 aromatic rings. The smallest absolute Gasteiger partial charge is 0.339 e. The van der Waals surface area contributed by atoms with Gasteiger partial charge in [-0.05, 0) is 239 Å². The second kappa shape index (κ2) is 18.8. The van der Waals surface area contributed by atoms with Crippen LogP contribution in [0.25, 0.3) is 0 Å². The third-order valence-corrected chi connectivity index (χ3v) is 34.2. The number of ketones is 1. The van der Waals surface area contributed by atoms with E-state index in [1.165, 1.54) is 36.8 Å². The van der Waals surface area contributed by atoms with E-state index in [0.29, 0.717) is 79.9 Å². The van der Waals surface area contributed by atoms with Crippen LogP contribution in [0.1, 0.15) is 164 Å². The molecule has 20 aliphatic rings. The lowest BCUT2D eigenvalue weighted by Gasteiger charge is -2.74. The molecule has 5 saturated heterocycles. The maximum absolute atomic E-state index is 18.3. The third-order valence-electron chi connectivity index (χ3n) is 34.2. The average Bonchev–Trinajstić information content (AvgIpc) is 1.40. The van der Waals surface area contributed by atoms with Crippen molar-refractivity contribution in [3.05, 3.63) is 95.1 Å². The summed E-state index contributed by atoms with van der Waals surface area (Å²) in [5.74, 6) is 8.13. The van der Waals surface area contributed by atoms with Gasteiger partial charge in [0, 0.05) is 47.2 Å². The zero-order valence-electron chi connectivity index (χ0n) is 54.9. The first-order valence-corrected chi connectivity index (χ1v) is 38.2. The Kier molecular flexibility index (Phi) is 11.5. The second-order valence-corrected chi connectivity index (χ2v) is 36.1. The monoisotopic (exact) mass is 1270 g/mol. The van der Waals surface area contributed by atoms with E-state index < -0.39 is 92.0 Å². The van der Waals surface area contributed by atoms with Gasteiger partial charge >= 0.3 is 11.9 Å². The minimum Gasteiger partial charge on any atom is -0.469 e. The summed E-state index contributed by atoms with van der Waals surface area (Å²) >= 11 is 0. The lowest BCUT2D eigenvalue weighted by molar-refractivity contribution is -0.320. The van der Waals surface area contributed by atoms with Gasteiger partial charge in [0.1, 0.15) is 29.7 Å². The van der Waals surface area contributed by atoms with Gasteiger partial charge < -0.3 is 43.6 Å². The van der Waals surface area contributed by atoms with Crippen LogP contribution in [0, 0.1) is 145 Å². The molecule has 15 fully saturated rings. The molecule has 0 unspecified atom stereocenters. The Bertz CT molecular complexity index is 3810. The maximum Gasteiger partial charge on any atom is 0.339 e. The minimum absolute atomic E-state index is 0.0521. The number of allylic oxidation sites excluding steroid dienone is 3. The number of aliphatic hydroxyl groups is 3. The van der Waals surface area contributed by atoms with Crippen molar-refractivity contribution < 1.29 is 53.1 Å². The standard InChI is InChI=1S/C81H96N2O11/c1-73-36-50-37-74-26-7-12-53(74)33-54-34-63-75-27-23-45-10-5-13-55(45)58(75)14-6-11-51(75)24-28-77(63)67-65(86)69(87)78(66(50)76(67)41-91-71(88)68(74)80(54,76)94-77)59-31-44(30-43-8-3-2-4-9-43)15-16-46(59)17-20-52-21-18-49-40-90-62(64(49)79(52,73)93-72(89)70-81(73,78)92-70)35-57(61(85)39-84)47-19-22-56-48(32-47)25-29-83-42-82-38-60(56)83/h2-4,6,8-9,11,25,29,34,40,44-48,50-53,55-61,63,66-70,82,84-85,87H,5,7,10,12-16,18-19,21-24,26-28,30-33,35-39,41-42H2,1H3/t44-,45+,46-,47-,48+,50-,51-,52+,53+,55-,56+,57-,58-,59-,60-,61+,63-,66+,67-,68+,69+,70+,73-,74-,75+,76+,77-,78-,79-,80-,81+/m0/s1. The molecule has 10 saturated carbocycles. The van der Waals surface area contributed by atoms with Gasteiger partial charge in [-0.15, -0.1) is 0 Å². The first-order valence-electron chi connectivity index (χ1n) is 38.2. The number of aryl methyl sites for hydroxylation is 1. The number of ether oxygens (including phenoxy) is 4. The fourth-order valence-corrected chi connectivity index (χ4v) is 32.0. The largest absolute Gasteiger partial charge is 0.469 e. The highest BCUT2D eigenvalue weighted by atomic mass is 16.7. The Labute approximate surface area is 553 Å². The van der Waals surface area contributed by atoms with Gasteiger partial charge in [-0.2, -0.15) is 0 Å². The Morgan fingerprint density at radius 2 is 1.77 bits per heavy atom. The van der Waals surface area contributed by atoms with Crippen LogP contribution in [-0.4, -0.2) is 106 Å². The van der Waals surface area contributed by atoms with Crippen LogP contribution >= 0.6 is 0 Å². The predicted molar refractivity (Wildman–Crippen MR) is 344 cm³/mol. The van der Waals surface area contributed by atoms with Gasteiger partial charge in [0.25, 0.3) is 0 Å². The summed E-state index contributed by atoms with van der Waals surface area (Å²) in [5.41, 5.74) is -4.89. The van der Waals surface area contributed by atoms with Crippen LogP contribution in [0.4, 0.5) is 0 Å². The number of esters is 2. The Morgan fingerprint density at radius 1 is 0.862 bits per heavy atom. The van der Waals surface area contributed by atoms with Gasteiger partial charge in [-0.3, -0.25) is 14.9 Å². The van der Waals surface area contributed by atoms with Crippen molar-refractivity contribution in [2.75, 3.05) is 26.4 Å². The molecule has 13 nitrogen and oxygen atoms in total. The number of benzene rings is 1. The van der Waals surface area contributed by atoms with E-state index in [4.69, 9.17) is 23.4 Å². The minimum atomic E-state index is -1.55. The Morgan fingerprint density at radius 3 is 2.66 bits per heavy atom. The molecule has 0 amide bonds. The number of carbonyl (C=O) groups is 3. The topological polar surface area (TPSA) is 181 Å². The highest BCUT2D eigenvalue weighted by Crippen LogP contribution is 2.92. The van der Waals surface area contributed by atoms with Gasteiger partial charge in [0.15, 0.2) is 17.5 Å². The van der Waals surface area contributed by atoms with Gasteiger partial charge in [0.05, 0.1) is 54.4 Å². The van der Waals surface area contributed by atoms with Gasteiger partial charge in [-0.25, -0.2) is 4.79 Å². The number of hydrogen-bond acceptors (Lipinski definition) is 13. The molecular weight excluding hydrogens is 1180 g/mol. The number of aliphatic hydroxyl groups excluding tert-OH is 3. The van der Waals surface area contributed by atoms with E-state index in [-0.39, 0.29) is 77.7 Å². The summed E-state index contributed by atoms with van der Waals surface area (Å²) < 4.78 is 39.0. The number of nitrogens with one attached hydrogen (secondary N) is 1. The SMILES string of the molecule is C[C@]12C[C@H]3C[C@@]45CCC[C@@H]4CC4=C[C@@H]6[C@]7(CC[C@@H]8C=CC[C@H]9[C@H]%10CCC[C@@H]%10CC[C@@]689)O[C@]46[C@@H]5C(=O)OC[C@@]64[C@@H]7C(=O)[C@@H](O)[C@@]5([C@H]34)[C@H]3C[C@H](Cc4ccccc4)CC[C@H]3C#C[C@@H]3CCc4coc(C[C@@H]([C@H]6CC[C@@H]7[C@H](C=CN8CNC[C@@H]78)C6)[C@H](O)CO)c4[C@@]31OC(=O)[C@H]1O[C@@]152. The highest BCUT2D eigenvalue weighted by molar-refractivity contribution is 5.94. The number of epoxide rings is 1. The van der Waals surface area contributed by atoms with Crippen molar-refractivity contribution in [2.24, 2.45) is 134 Å². The van der Waals surface area contributed by atoms with Crippen molar-refractivity contribution in [1.29, 1.82) is 0 Å². The van der Waals surface area contributed by atoms with E-state index >= 15 is 19.5 Å². The van der Waals surface area contributed by atoms with E-state index in [0.717, 1.165) is 120 Å². The Hall–Kier alpha value is -4.55. The zero-order valence-corrected chi connectivity index (χ0v) is 54.9. The molecule has 9 bridgehead atoms. The fourth-order valence-electron chi connectivity index (χ4n) is 32.0. The molecule has 22 rings (SSSR count). The van der Waals surface area contributed by atoms with E-state index in [1.807, 2.05) is 6.26 Å². The molecule has 1 aromatic carbocycles. The highest BCUT2D eigenvalue weighted by Gasteiger charge is 3.01. The normalized spacial score (nSPS) is 54.9. The number of carbonyl (C=O) groups excluding carboxylic acids is 3. The third kappa shape index (κ3) is 6.21. The Balaban J connectivity index is 0.779. The molecule has 94 heavy (non-hydrogen) atoms. The quantitative estimate of drug-likeness (QED) is 0.0891. The summed E-state index contributed by atoms with van der Waals surface area (Å²) in [5, 5.41) is 42.5. The van der Waals surface area contributed by atoms with E-state index in [9.17, 15) is 10.2 Å². The molecule has 496 valence electrons. The van der Waals surface area contributed by atoms with Crippen LogP contribution in [0.3, 0.4) is 0 Å². The fraction of sp³-hybridized carbons (Fsp3) is 0.741. The molecule has 1 aromatic heterocycles. The average molecular weight is 1270 g/mol. The first kappa shape index (κ1) is 57.4. The zero-order chi connectivity index (χ0) is 62.6. The summed E-state index contributed by atoms with van der Waals surface area (Å²) in [4.78, 5) is 53.6. The number of cyclic esters (lactones) is 1. The van der Waals surface area contributed by atoms with Crippen molar-refractivity contribution in [2.45, 2.75) is 208 Å². The lowest BCUT2D eigenvalue weighted by Crippen LogP contribution is -2.84. The first-order chi connectivity index (χ1) is 45.8. The number of fused-ring (bicyclic) bond motifs is 7. The predicted octanol–water partition coefficient (Wildman–Crippen LogP) is 10.5. The summed E-state index contributed by atoms with van der Waals surface area (Å²) in [6, 6.07) is 11.3. The number of Topliss-reactive ketones (excluding diaryl/α,β-unsaturated/α-hetero) is 1. The molecule has 8 spiro atoms. The summed E-state index contributed by atoms with van der Waals surface area (Å²) in [7, 11) is 0. The van der Waals surface area contributed by atoms with Crippen LogP contribution in [0.15, 0.2) is 77.1 Å². The van der Waals surface area contributed by atoms with Crippen molar-refractivity contribution in [1.82, 2.24) is 10.2 Å². The molecular formula is C81H96N2O11. The van der Waals surface area contributed by atoms with Gasteiger partial charge in [0.2, 0.25) is 0 Å². The number of furan rings is 1. The van der Waals surface area contributed by atoms with Crippen molar-refractivity contribution in [3.8, 4) is 11.8 Å². The summed E-state index contributed by atoms with van der Waals surface area (Å²) in [6.07, 6.45) is 32.4. The van der Waals surface area contributed by atoms with Crippen molar-refractivity contribution in [3.63, 3.8) is 0 Å².